The van der Waals surface area contributed by atoms with Crippen molar-refractivity contribution in [1.29, 1.82) is 0 Å². The van der Waals surface area contributed by atoms with Crippen molar-refractivity contribution in [1.82, 2.24) is 0 Å². The molecule has 0 fully saturated rings. The van der Waals surface area contributed by atoms with Crippen LogP contribution in [0.1, 0.15) is 50.7 Å². The highest BCUT2D eigenvalue weighted by atomic mass is 16.5. The van der Waals surface area contributed by atoms with Crippen LogP contribution in [-0.2, 0) is 24.4 Å². The molecule has 8 nitrogen and oxygen atoms in total. The highest BCUT2D eigenvalue weighted by molar-refractivity contribution is 5.41. The Kier molecular flexibility index (Phi) is 16.6. The van der Waals surface area contributed by atoms with E-state index in [9.17, 15) is 10.2 Å². The molecule has 0 spiro atoms. The maximum Gasteiger partial charge on any atom is 0.119 e. The van der Waals surface area contributed by atoms with E-state index in [1.54, 1.807) is 0 Å². The predicted molar refractivity (Wildman–Crippen MR) is 160 cm³/mol. The molecule has 0 amide bonds. The molecule has 2 rings (SSSR count). The van der Waals surface area contributed by atoms with Gasteiger partial charge >= 0.3 is 0 Å². The van der Waals surface area contributed by atoms with Gasteiger partial charge < -0.3 is 38.6 Å². The SMILES string of the molecule is C=COCCCCOCC(O)COc1ccc(C(C)(C)c2ccc(OCC(O)COCCCCOC=C)cc2)cc1. The van der Waals surface area contributed by atoms with E-state index in [0.717, 1.165) is 36.8 Å². The lowest BCUT2D eigenvalue weighted by atomic mass is 9.78. The molecule has 2 aromatic carbocycles. The summed E-state index contributed by atoms with van der Waals surface area (Å²) in [4.78, 5) is 0. The average Bonchev–Trinajstić information content (AvgIpc) is 2.98. The number of rotatable bonds is 24. The minimum atomic E-state index is -0.696. The van der Waals surface area contributed by atoms with Crippen LogP contribution in [0, 0.1) is 0 Å². The number of benzene rings is 2. The van der Waals surface area contributed by atoms with E-state index in [0.29, 0.717) is 37.9 Å². The van der Waals surface area contributed by atoms with E-state index in [2.05, 4.69) is 27.0 Å². The van der Waals surface area contributed by atoms with Crippen LogP contribution in [0.4, 0.5) is 0 Å². The van der Waals surface area contributed by atoms with E-state index in [1.807, 2.05) is 48.5 Å². The number of hydrogen-bond donors (Lipinski definition) is 2. The highest BCUT2D eigenvalue weighted by Gasteiger charge is 2.23. The van der Waals surface area contributed by atoms with Gasteiger partial charge in [0, 0.05) is 18.6 Å². The normalized spacial score (nSPS) is 12.8. The molecule has 2 atom stereocenters. The standard InChI is InChI=1S/C33H48O8/c1-5-36-19-7-9-21-38-23-29(34)25-40-31-15-11-27(12-16-31)33(3,4)28-13-17-32(18-14-28)41-26-30(35)24-39-22-10-8-20-37-6-2/h5-6,11-18,29-30,34-35H,1-2,7-10,19-26H2,3-4H3. The summed E-state index contributed by atoms with van der Waals surface area (Å²) in [5, 5.41) is 20.3. The van der Waals surface area contributed by atoms with Crippen molar-refractivity contribution in [2.45, 2.75) is 57.2 Å². The Morgan fingerprint density at radius 2 is 0.976 bits per heavy atom. The molecule has 0 aliphatic rings. The summed E-state index contributed by atoms with van der Waals surface area (Å²) >= 11 is 0. The first-order valence-electron chi connectivity index (χ1n) is 14.3. The minimum absolute atomic E-state index is 0.163. The molecule has 8 heteroatoms. The summed E-state index contributed by atoms with van der Waals surface area (Å²) < 4.78 is 32.6. The molecule has 0 aliphatic heterocycles. The summed E-state index contributed by atoms with van der Waals surface area (Å²) in [6.07, 6.45) is 4.96. The van der Waals surface area contributed by atoms with Crippen LogP contribution in [0.15, 0.2) is 74.2 Å². The highest BCUT2D eigenvalue weighted by Crippen LogP contribution is 2.33. The maximum absolute atomic E-state index is 10.1. The zero-order valence-corrected chi connectivity index (χ0v) is 24.7. The molecule has 0 saturated heterocycles. The van der Waals surface area contributed by atoms with Crippen molar-refractivity contribution in [3.05, 3.63) is 85.3 Å². The largest absolute Gasteiger partial charge is 0.502 e. The van der Waals surface area contributed by atoms with E-state index in [1.165, 1.54) is 12.5 Å². The van der Waals surface area contributed by atoms with Gasteiger partial charge in [0.25, 0.3) is 0 Å². The lowest BCUT2D eigenvalue weighted by molar-refractivity contribution is 0.0102. The van der Waals surface area contributed by atoms with Crippen molar-refractivity contribution < 1.29 is 38.6 Å². The molecule has 0 aliphatic carbocycles. The van der Waals surface area contributed by atoms with Gasteiger partial charge in [-0.25, -0.2) is 0 Å². The van der Waals surface area contributed by atoms with Crippen molar-refractivity contribution >= 4 is 0 Å². The Morgan fingerprint density at radius 3 is 1.34 bits per heavy atom. The van der Waals surface area contributed by atoms with Crippen LogP contribution < -0.4 is 9.47 Å². The second kappa shape index (κ2) is 19.9. The van der Waals surface area contributed by atoms with E-state index >= 15 is 0 Å². The van der Waals surface area contributed by atoms with E-state index in [4.69, 9.17) is 28.4 Å². The van der Waals surface area contributed by atoms with Gasteiger partial charge in [0.15, 0.2) is 0 Å². The number of aliphatic hydroxyl groups is 2. The fourth-order valence-electron chi connectivity index (χ4n) is 3.97. The zero-order valence-electron chi connectivity index (χ0n) is 24.7. The lowest BCUT2D eigenvalue weighted by Gasteiger charge is -2.26. The molecule has 228 valence electrons. The summed E-state index contributed by atoms with van der Waals surface area (Å²) in [6.45, 7) is 14.5. The van der Waals surface area contributed by atoms with Crippen LogP contribution in [0.3, 0.4) is 0 Å². The van der Waals surface area contributed by atoms with Crippen molar-refractivity contribution in [2.24, 2.45) is 0 Å². The minimum Gasteiger partial charge on any atom is -0.502 e. The average molecular weight is 573 g/mol. The summed E-state index contributed by atoms with van der Waals surface area (Å²) in [5.74, 6) is 1.39. The molecule has 0 heterocycles. The number of aliphatic hydroxyl groups excluding tert-OH is 2. The second-order valence-electron chi connectivity index (χ2n) is 10.2. The van der Waals surface area contributed by atoms with E-state index < -0.39 is 12.2 Å². The fourth-order valence-corrected chi connectivity index (χ4v) is 3.97. The van der Waals surface area contributed by atoms with Gasteiger partial charge in [-0.2, -0.15) is 0 Å². The Labute approximate surface area is 245 Å². The first-order chi connectivity index (χ1) is 19.9. The summed E-state index contributed by atoms with van der Waals surface area (Å²) in [6, 6.07) is 15.8. The Morgan fingerprint density at radius 1 is 0.610 bits per heavy atom. The molecule has 2 aromatic rings. The molecule has 0 radical (unpaired) electrons. The number of ether oxygens (including phenoxy) is 6. The summed E-state index contributed by atoms with van der Waals surface area (Å²) in [7, 11) is 0. The molecular weight excluding hydrogens is 524 g/mol. The van der Waals surface area contributed by atoms with Crippen molar-refractivity contribution in [3.8, 4) is 11.5 Å². The first kappa shape index (κ1) is 34.2. The van der Waals surface area contributed by atoms with Gasteiger partial charge in [-0.05, 0) is 61.1 Å². The van der Waals surface area contributed by atoms with Gasteiger partial charge in [-0.15, -0.1) is 0 Å². The maximum atomic E-state index is 10.1. The molecular formula is C33H48O8. The molecule has 0 bridgehead atoms. The first-order valence-corrected chi connectivity index (χ1v) is 14.3. The van der Waals surface area contributed by atoms with Crippen LogP contribution in [0.25, 0.3) is 0 Å². The topological polar surface area (TPSA) is 95.8 Å². The van der Waals surface area contributed by atoms with Gasteiger partial charge in [0.05, 0.1) is 39.0 Å². The number of hydrogen-bond acceptors (Lipinski definition) is 8. The lowest BCUT2D eigenvalue weighted by Crippen LogP contribution is -2.24. The smallest absolute Gasteiger partial charge is 0.119 e. The Bertz CT molecular complexity index is 881. The predicted octanol–water partition coefficient (Wildman–Crippen LogP) is 5.41. The molecule has 2 N–H and O–H groups in total. The monoisotopic (exact) mass is 572 g/mol. The molecule has 41 heavy (non-hydrogen) atoms. The third-order valence-corrected chi connectivity index (χ3v) is 6.49. The zero-order chi connectivity index (χ0) is 29.8. The Balaban J connectivity index is 1.71. The Hall–Kier alpha value is -3.04. The van der Waals surface area contributed by atoms with E-state index in [-0.39, 0.29) is 31.8 Å². The summed E-state index contributed by atoms with van der Waals surface area (Å²) in [5.41, 5.74) is 2.02. The quantitative estimate of drug-likeness (QED) is 0.127. The fraction of sp³-hybridized carbons (Fsp3) is 0.515. The van der Waals surface area contributed by atoms with Gasteiger partial charge in [-0.3, -0.25) is 0 Å². The second-order valence-corrected chi connectivity index (χ2v) is 10.2. The van der Waals surface area contributed by atoms with Crippen LogP contribution in [-0.4, -0.2) is 75.3 Å². The van der Waals surface area contributed by atoms with Crippen molar-refractivity contribution in [3.63, 3.8) is 0 Å². The third-order valence-electron chi connectivity index (χ3n) is 6.49. The van der Waals surface area contributed by atoms with Gasteiger partial charge in [0.2, 0.25) is 0 Å². The van der Waals surface area contributed by atoms with Gasteiger partial charge in [0.1, 0.15) is 36.9 Å². The van der Waals surface area contributed by atoms with Crippen LogP contribution >= 0.6 is 0 Å². The third kappa shape index (κ3) is 13.9. The van der Waals surface area contributed by atoms with Crippen LogP contribution in [0.5, 0.6) is 11.5 Å². The number of unbranched alkanes of at least 4 members (excludes halogenated alkanes) is 2. The molecule has 0 aromatic heterocycles. The van der Waals surface area contributed by atoms with Crippen molar-refractivity contribution in [2.75, 3.05) is 52.9 Å². The molecule has 2 unspecified atom stereocenters. The molecule has 0 saturated carbocycles. The van der Waals surface area contributed by atoms with Crippen LogP contribution in [0.2, 0.25) is 0 Å². The van der Waals surface area contributed by atoms with Gasteiger partial charge in [-0.1, -0.05) is 51.3 Å².